The lowest BCUT2D eigenvalue weighted by atomic mass is 9.71. The Labute approximate surface area is 304 Å². The molecular formula is C49H36N2O. The van der Waals surface area contributed by atoms with Crippen molar-refractivity contribution in [2.45, 2.75) is 19.3 Å². The summed E-state index contributed by atoms with van der Waals surface area (Å²) in [6, 6.07) is 65.4. The van der Waals surface area contributed by atoms with Crippen molar-refractivity contribution in [1.29, 1.82) is 0 Å². The van der Waals surface area contributed by atoms with Crippen molar-refractivity contribution in [1.82, 2.24) is 0 Å². The molecule has 0 unspecified atom stereocenters. The topological polar surface area (TPSA) is 15.7 Å². The van der Waals surface area contributed by atoms with E-state index in [1.165, 1.54) is 49.8 Å². The summed E-state index contributed by atoms with van der Waals surface area (Å²) in [4.78, 5) is 4.91. The molecule has 8 aromatic carbocycles. The number of nitrogens with zero attached hydrogens (tertiary/aromatic N) is 2. The van der Waals surface area contributed by atoms with Gasteiger partial charge in [-0.25, -0.2) is 0 Å². The first-order valence-corrected chi connectivity index (χ1v) is 17.9. The van der Waals surface area contributed by atoms with Gasteiger partial charge in [0, 0.05) is 22.1 Å². The minimum absolute atomic E-state index is 0.392. The number of benzene rings is 8. The zero-order valence-corrected chi connectivity index (χ0v) is 29.1. The fourth-order valence-electron chi connectivity index (χ4n) is 8.34. The molecule has 2 aliphatic heterocycles. The average molecular weight is 669 g/mol. The molecule has 8 aromatic rings. The number of ether oxygens (including phenoxy) is 1. The first kappa shape index (κ1) is 30.3. The molecule has 0 aliphatic carbocycles. The summed E-state index contributed by atoms with van der Waals surface area (Å²) in [5.74, 6) is 1.71. The molecule has 0 amide bonds. The van der Waals surface area contributed by atoms with Gasteiger partial charge in [0.25, 0.3) is 0 Å². The van der Waals surface area contributed by atoms with Gasteiger partial charge in [-0.1, -0.05) is 147 Å². The van der Waals surface area contributed by atoms with Crippen molar-refractivity contribution >= 4 is 44.9 Å². The number of rotatable bonds is 5. The molecule has 0 saturated carbocycles. The molecule has 0 saturated heterocycles. The van der Waals surface area contributed by atoms with Crippen molar-refractivity contribution in [2.24, 2.45) is 0 Å². The van der Waals surface area contributed by atoms with Crippen LogP contribution in [-0.2, 0) is 5.41 Å². The molecular weight excluding hydrogens is 633 g/mol. The highest BCUT2D eigenvalue weighted by Crippen LogP contribution is 2.63. The van der Waals surface area contributed by atoms with Crippen molar-refractivity contribution in [3.8, 4) is 33.8 Å². The van der Waals surface area contributed by atoms with Crippen LogP contribution in [0, 0.1) is 0 Å². The molecule has 0 fully saturated rings. The average Bonchev–Trinajstić information content (AvgIpc) is 3.20. The van der Waals surface area contributed by atoms with E-state index in [9.17, 15) is 0 Å². The number of para-hydroxylation sites is 2. The van der Waals surface area contributed by atoms with Crippen LogP contribution in [-0.4, -0.2) is 0 Å². The highest BCUT2D eigenvalue weighted by Gasteiger charge is 2.44. The van der Waals surface area contributed by atoms with Gasteiger partial charge in [0.05, 0.1) is 28.4 Å². The summed E-state index contributed by atoms with van der Waals surface area (Å²) >= 11 is 0. The maximum absolute atomic E-state index is 6.78. The van der Waals surface area contributed by atoms with Crippen LogP contribution in [0.1, 0.15) is 25.0 Å². The molecule has 10 rings (SSSR count). The van der Waals surface area contributed by atoms with Crippen LogP contribution in [0.4, 0.5) is 34.1 Å². The van der Waals surface area contributed by atoms with E-state index in [0.29, 0.717) is 0 Å². The Morgan fingerprint density at radius 3 is 1.94 bits per heavy atom. The zero-order valence-electron chi connectivity index (χ0n) is 29.1. The Balaban J connectivity index is 1.27. The second kappa shape index (κ2) is 11.8. The molecule has 248 valence electrons. The van der Waals surface area contributed by atoms with Gasteiger partial charge in [-0.05, 0) is 81.7 Å². The minimum Gasteiger partial charge on any atom is -0.453 e. The molecule has 2 heterocycles. The van der Waals surface area contributed by atoms with E-state index in [4.69, 9.17) is 4.74 Å². The quantitative estimate of drug-likeness (QED) is 0.182. The smallest absolute Gasteiger partial charge is 0.152 e. The van der Waals surface area contributed by atoms with Crippen LogP contribution in [0.5, 0.6) is 11.5 Å². The second-order valence-corrected chi connectivity index (χ2v) is 14.2. The zero-order chi connectivity index (χ0) is 34.8. The van der Waals surface area contributed by atoms with Gasteiger partial charge in [0.15, 0.2) is 11.5 Å². The van der Waals surface area contributed by atoms with Crippen LogP contribution in [0.25, 0.3) is 33.0 Å². The van der Waals surface area contributed by atoms with Crippen molar-refractivity contribution in [2.75, 3.05) is 9.80 Å². The van der Waals surface area contributed by atoms with Gasteiger partial charge in [-0.2, -0.15) is 0 Å². The third-order valence-corrected chi connectivity index (χ3v) is 10.8. The molecule has 2 aliphatic rings. The Hall–Kier alpha value is -6.58. The van der Waals surface area contributed by atoms with E-state index in [0.717, 1.165) is 39.9 Å². The van der Waals surface area contributed by atoms with E-state index in [1.807, 2.05) is 0 Å². The van der Waals surface area contributed by atoms with E-state index >= 15 is 0 Å². The largest absolute Gasteiger partial charge is 0.453 e. The standard InChI is InChI=1S/C49H36N2O/c1-49(2)40-28-27-37(34-17-7-4-8-18-34)32-44(40)51-42-24-11-12-26-45(42)52-46-30-29-43(47(49)48(46)51)50(41-25-14-20-35-19-9-10-23-39(35)41)38-22-13-21-36(31-38)33-15-5-3-6-16-33/h3-32H,1-2H3. The third-order valence-electron chi connectivity index (χ3n) is 10.8. The first-order valence-electron chi connectivity index (χ1n) is 17.9. The summed E-state index contributed by atoms with van der Waals surface area (Å²) in [5.41, 5.74) is 13.5. The number of anilines is 6. The van der Waals surface area contributed by atoms with Crippen LogP contribution < -0.4 is 14.5 Å². The molecule has 52 heavy (non-hydrogen) atoms. The van der Waals surface area contributed by atoms with E-state index in [-0.39, 0.29) is 0 Å². The molecule has 0 spiro atoms. The lowest BCUT2D eigenvalue weighted by molar-refractivity contribution is 0.471. The molecule has 3 heteroatoms. The van der Waals surface area contributed by atoms with Gasteiger partial charge in [0.2, 0.25) is 0 Å². The lowest BCUT2D eigenvalue weighted by Gasteiger charge is -2.47. The number of hydrogen-bond donors (Lipinski definition) is 0. The monoisotopic (exact) mass is 668 g/mol. The lowest BCUT2D eigenvalue weighted by Crippen LogP contribution is -2.34. The summed E-state index contributed by atoms with van der Waals surface area (Å²) in [5, 5.41) is 2.40. The Morgan fingerprint density at radius 2 is 1.13 bits per heavy atom. The number of fused-ring (bicyclic) bond motifs is 5. The maximum Gasteiger partial charge on any atom is 0.152 e. The van der Waals surface area contributed by atoms with Crippen molar-refractivity contribution in [3.63, 3.8) is 0 Å². The van der Waals surface area contributed by atoms with E-state index < -0.39 is 5.41 Å². The second-order valence-electron chi connectivity index (χ2n) is 14.2. The Kier molecular flexibility index (Phi) is 6.84. The molecule has 0 bridgehead atoms. The highest BCUT2D eigenvalue weighted by molar-refractivity contribution is 6.03. The van der Waals surface area contributed by atoms with Crippen LogP contribution in [0.15, 0.2) is 182 Å². The third kappa shape index (κ3) is 4.66. The molecule has 0 atom stereocenters. The Bertz CT molecular complexity index is 2640. The van der Waals surface area contributed by atoms with Crippen molar-refractivity contribution < 1.29 is 4.74 Å². The minimum atomic E-state index is -0.392. The van der Waals surface area contributed by atoms with E-state index in [2.05, 4.69) is 206 Å². The Morgan fingerprint density at radius 1 is 0.481 bits per heavy atom. The fraction of sp³-hybridized carbons (Fsp3) is 0.0612. The molecule has 0 radical (unpaired) electrons. The SMILES string of the molecule is CC1(C)c2ccc(-c3ccccc3)cc2N2c3ccccc3Oc3ccc(N(c4cccc(-c5ccccc5)c4)c4cccc5ccccc45)c1c32. The normalized spacial score (nSPS) is 13.5. The van der Waals surface area contributed by atoms with Crippen LogP contribution >= 0.6 is 0 Å². The maximum atomic E-state index is 6.78. The van der Waals surface area contributed by atoms with Crippen LogP contribution in [0.2, 0.25) is 0 Å². The predicted molar refractivity (Wildman–Crippen MR) is 216 cm³/mol. The number of hydrogen-bond acceptors (Lipinski definition) is 3. The predicted octanol–water partition coefficient (Wildman–Crippen LogP) is 13.9. The van der Waals surface area contributed by atoms with Gasteiger partial charge in [-0.3, -0.25) is 0 Å². The summed E-state index contributed by atoms with van der Waals surface area (Å²) < 4.78 is 6.78. The van der Waals surface area contributed by atoms with Gasteiger partial charge >= 0.3 is 0 Å². The van der Waals surface area contributed by atoms with Crippen molar-refractivity contribution in [3.05, 3.63) is 193 Å². The first-order chi connectivity index (χ1) is 25.6. The van der Waals surface area contributed by atoms with E-state index in [1.54, 1.807) is 0 Å². The summed E-state index contributed by atoms with van der Waals surface area (Å²) in [7, 11) is 0. The van der Waals surface area contributed by atoms with Gasteiger partial charge < -0.3 is 14.5 Å². The fourth-order valence-corrected chi connectivity index (χ4v) is 8.34. The van der Waals surface area contributed by atoms with Gasteiger partial charge in [-0.15, -0.1) is 0 Å². The molecule has 0 aromatic heterocycles. The van der Waals surface area contributed by atoms with Crippen LogP contribution in [0.3, 0.4) is 0 Å². The highest BCUT2D eigenvalue weighted by atomic mass is 16.5. The summed E-state index contributed by atoms with van der Waals surface area (Å²) in [6.07, 6.45) is 0. The molecule has 3 nitrogen and oxygen atoms in total. The molecule has 0 N–H and O–H groups in total. The summed E-state index contributed by atoms with van der Waals surface area (Å²) in [6.45, 7) is 4.74. The van der Waals surface area contributed by atoms with Gasteiger partial charge in [0.1, 0.15) is 0 Å².